The van der Waals surface area contributed by atoms with Crippen molar-refractivity contribution in [2.45, 2.75) is 306 Å². The van der Waals surface area contributed by atoms with E-state index in [1.807, 2.05) is 0 Å². The molecule has 0 aliphatic carbocycles. The number of ether oxygens (including phenoxy) is 6. The molecule has 0 aromatic carbocycles. The molecule has 15 nitrogen and oxygen atoms in total. The highest BCUT2D eigenvalue weighted by Crippen LogP contribution is 2.27. The van der Waals surface area contributed by atoms with E-state index in [2.05, 4.69) is 43.9 Å². The van der Waals surface area contributed by atoms with E-state index in [0.717, 1.165) is 51.4 Å². The fourth-order valence-electron chi connectivity index (χ4n) is 9.32. The van der Waals surface area contributed by atoms with E-state index in [1.165, 1.54) is 141 Å². The number of allylic oxidation sites excluding steroid dienone is 3. The van der Waals surface area contributed by atoms with Crippen LogP contribution >= 0.6 is 0 Å². The van der Waals surface area contributed by atoms with Crippen molar-refractivity contribution < 1.29 is 73.8 Å². The van der Waals surface area contributed by atoms with Crippen LogP contribution in [0.1, 0.15) is 239 Å². The van der Waals surface area contributed by atoms with E-state index in [9.17, 15) is 45.3 Å². The molecular formula is C59H106O15. The number of hydrogen-bond acceptors (Lipinski definition) is 15. The van der Waals surface area contributed by atoms with Crippen LogP contribution in [0.5, 0.6) is 0 Å². The van der Waals surface area contributed by atoms with Gasteiger partial charge in [0.05, 0.1) is 19.8 Å². The van der Waals surface area contributed by atoms with E-state index >= 15 is 0 Å². The number of unbranched alkanes of at least 4 members (excludes halogenated alkanes) is 29. The number of esters is 2. The Balaban J connectivity index is 1.75. The first-order chi connectivity index (χ1) is 36.0. The van der Waals surface area contributed by atoms with Crippen LogP contribution in [0.4, 0.5) is 0 Å². The summed E-state index contributed by atoms with van der Waals surface area (Å²) in [5, 5.41) is 72.3. The summed E-state index contributed by atoms with van der Waals surface area (Å²) in [6.07, 6.45) is 31.4. The van der Waals surface area contributed by atoms with Gasteiger partial charge in [0.2, 0.25) is 0 Å². The van der Waals surface area contributed by atoms with Crippen molar-refractivity contribution in [2.75, 3.05) is 26.4 Å². The molecule has 4 unspecified atom stereocenters. The minimum Gasteiger partial charge on any atom is -0.462 e. The lowest BCUT2D eigenvalue weighted by molar-refractivity contribution is -0.332. The Morgan fingerprint density at radius 2 is 0.865 bits per heavy atom. The standard InChI is InChI=1S/C59H106O15/c1-3-5-7-9-11-13-15-17-19-20-21-22-23-24-25-26-28-30-32-34-36-38-40-42-51(62)72-47(44-69-50(61)41-39-37-35-33-31-29-27-18-16-14-12-10-8-6-4-2)45-70-58-57(68)55(66)53(64)49(74-58)46-71-59-56(67)54(65)52(63)48(43-60)73-59/h16,27,34,36,47-49,52-60,63-68H,3-15,17,19-26,28-33,35,37-46H2,1-2H3/b36-34+/t18?,47-,48+,49+,52-,53-,54?,55?,56?,57?,58+,59+/m1/s1. The first kappa shape index (κ1) is 67.9. The van der Waals surface area contributed by atoms with Gasteiger partial charge in [0.1, 0.15) is 55.4 Å². The molecule has 2 aliphatic rings. The summed E-state index contributed by atoms with van der Waals surface area (Å²) in [7, 11) is 0. The Morgan fingerprint density at radius 3 is 1.36 bits per heavy atom. The summed E-state index contributed by atoms with van der Waals surface area (Å²) in [5.74, 6) is -0.975. The molecule has 2 fully saturated rings. The van der Waals surface area contributed by atoms with Gasteiger partial charge in [-0.2, -0.15) is 0 Å². The summed E-state index contributed by atoms with van der Waals surface area (Å²) in [6.45, 7) is 2.56. The fraction of sp³-hybridized carbons (Fsp3) is 0.881. The molecule has 432 valence electrons. The number of aliphatic hydroxyl groups excluding tert-OH is 7. The minimum absolute atomic E-state index is 0.115. The van der Waals surface area contributed by atoms with Crippen LogP contribution in [0.15, 0.2) is 30.0 Å². The second kappa shape index (κ2) is 45.7. The third-order valence-electron chi connectivity index (χ3n) is 14.2. The predicted molar refractivity (Wildman–Crippen MR) is 288 cm³/mol. The molecule has 0 spiro atoms. The molecule has 11 atom stereocenters. The van der Waals surface area contributed by atoms with Crippen LogP contribution in [-0.4, -0.2) is 142 Å². The van der Waals surface area contributed by atoms with Gasteiger partial charge in [-0.15, -0.1) is 5.73 Å². The molecule has 0 bridgehead atoms. The largest absolute Gasteiger partial charge is 0.462 e. The zero-order chi connectivity index (χ0) is 53.9. The van der Waals surface area contributed by atoms with Gasteiger partial charge in [-0.25, -0.2) is 0 Å². The van der Waals surface area contributed by atoms with Crippen molar-refractivity contribution in [1.29, 1.82) is 0 Å². The molecular weight excluding hydrogens is 949 g/mol. The number of rotatable bonds is 47. The normalized spacial score (nSPS) is 24.4. The summed E-state index contributed by atoms with van der Waals surface area (Å²) >= 11 is 0. The smallest absolute Gasteiger partial charge is 0.306 e. The van der Waals surface area contributed by atoms with Gasteiger partial charge < -0.3 is 64.2 Å². The highest BCUT2D eigenvalue weighted by atomic mass is 16.7. The highest BCUT2D eigenvalue weighted by Gasteiger charge is 2.47. The second-order valence-electron chi connectivity index (χ2n) is 20.9. The van der Waals surface area contributed by atoms with E-state index in [4.69, 9.17) is 28.4 Å². The maximum atomic E-state index is 13.1. The Morgan fingerprint density at radius 1 is 0.459 bits per heavy atom. The van der Waals surface area contributed by atoms with Gasteiger partial charge in [-0.3, -0.25) is 9.59 Å². The van der Waals surface area contributed by atoms with Crippen molar-refractivity contribution in [3.05, 3.63) is 30.0 Å². The van der Waals surface area contributed by atoms with Crippen LogP contribution in [0.2, 0.25) is 0 Å². The van der Waals surface area contributed by atoms with Crippen LogP contribution in [-0.2, 0) is 38.0 Å². The van der Waals surface area contributed by atoms with Crippen LogP contribution in [0, 0.1) is 0 Å². The average Bonchev–Trinajstić information content (AvgIpc) is 3.39. The molecule has 0 radical (unpaired) electrons. The SMILES string of the molecule is CCCCCCCC=C=CCCCCCCCC(=O)OC[C@H](CO[C@H]1O[C@@H](CO[C@H]2O[C@@H](CO)[C@@H](O)C(O)C2O)[C@@H](O)C(O)C1O)OC(=O)CCC/C=C/CCCCCCCCCCCCCCCCCCCC. The van der Waals surface area contributed by atoms with Crippen molar-refractivity contribution >= 4 is 11.9 Å². The summed E-state index contributed by atoms with van der Waals surface area (Å²) < 4.78 is 33.6. The summed E-state index contributed by atoms with van der Waals surface area (Å²) in [4.78, 5) is 25.9. The number of aliphatic hydroxyl groups is 7. The van der Waals surface area contributed by atoms with Crippen molar-refractivity contribution in [3.8, 4) is 0 Å². The molecule has 0 aromatic heterocycles. The molecule has 7 N–H and O–H groups in total. The molecule has 0 saturated carbocycles. The predicted octanol–water partition coefficient (Wildman–Crippen LogP) is 10.0. The number of carbonyl (C=O) groups excluding carboxylic acids is 2. The molecule has 74 heavy (non-hydrogen) atoms. The Kier molecular flexibility index (Phi) is 42.0. The molecule has 2 rings (SSSR count). The summed E-state index contributed by atoms with van der Waals surface area (Å²) in [6, 6.07) is 0. The van der Waals surface area contributed by atoms with E-state index in [-0.39, 0.29) is 19.4 Å². The average molecular weight is 1060 g/mol. The fourth-order valence-corrected chi connectivity index (χ4v) is 9.32. The van der Waals surface area contributed by atoms with Crippen molar-refractivity contribution in [2.24, 2.45) is 0 Å². The van der Waals surface area contributed by atoms with Crippen molar-refractivity contribution in [3.63, 3.8) is 0 Å². The highest BCUT2D eigenvalue weighted by molar-refractivity contribution is 5.70. The third kappa shape index (κ3) is 32.5. The van der Waals surface area contributed by atoms with Gasteiger partial charge in [0.15, 0.2) is 18.7 Å². The topological polar surface area (TPSA) is 231 Å². The van der Waals surface area contributed by atoms with Gasteiger partial charge in [-0.05, 0) is 69.9 Å². The lowest BCUT2D eigenvalue weighted by Crippen LogP contribution is -2.61. The van der Waals surface area contributed by atoms with Crippen LogP contribution in [0.3, 0.4) is 0 Å². The molecule has 2 saturated heterocycles. The molecule has 15 heteroatoms. The zero-order valence-electron chi connectivity index (χ0n) is 46.1. The van der Waals surface area contributed by atoms with E-state index < -0.39 is 99.3 Å². The number of carbonyl (C=O) groups is 2. The molecule has 0 amide bonds. The second-order valence-corrected chi connectivity index (χ2v) is 20.9. The van der Waals surface area contributed by atoms with Gasteiger partial charge in [0.25, 0.3) is 0 Å². The van der Waals surface area contributed by atoms with Crippen LogP contribution in [0.25, 0.3) is 0 Å². The Labute approximate surface area is 446 Å². The first-order valence-electron chi connectivity index (χ1n) is 29.7. The van der Waals surface area contributed by atoms with Crippen molar-refractivity contribution in [1.82, 2.24) is 0 Å². The van der Waals surface area contributed by atoms with Gasteiger partial charge >= 0.3 is 11.9 Å². The molecule has 2 heterocycles. The van der Waals surface area contributed by atoms with Gasteiger partial charge in [-0.1, -0.05) is 180 Å². The minimum atomic E-state index is -1.77. The molecule has 0 aromatic rings. The first-order valence-corrected chi connectivity index (χ1v) is 29.7. The van der Waals surface area contributed by atoms with E-state index in [1.54, 1.807) is 0 Å². The maximum absolute atomic E-state index is 13.1. The third-order valence-corrected chi connectivity index (χ3v) is 14.2. The Hall–Kier alpha value is -2.24. The maximum Gasteiger partial charge on any atom is 0.306 e. The molecule has 2 aliphatic heterocycles. The van der Waals surface area contributed by atoms with Gasteiger partial charge in [0, 0.05) is 12.8 Å². The Bertz CT molecular complexity index is 1440. The monoisotopic (exact) mass is 1050 g/mol. The van der Waals surface area contributed by atoms with Crippen LogP contribution < -0.4 is 0 Å². The zero-order valence-corrected chi connectivity index (χ0v) is 46.1. The summed E-state index contributed by atoms with van der Waals surface area (Å²) in [5.41, 5.74) is 3.29. The lowest BCUT2D eigenvalue weighted by Gasteiger charge is -2.42. The number of hydrogen-bond donors (Lipinski definition) is 7. The quantitative estimate of drug-likeness (QED) is 0.0130. The lowest BCUT2D eigenvalue weighted by atomic mass is 9.98. The van der Waals surface area contributed by atoms with E-state index in [0.29, 0.717) is 19.3 Å².